The van der Waals surface area contributed by atoms with Crippen LogP contribution in [0.25, 0.3) is 0 Å². The minimum Gasteiger partial charge on any atom is -0.481 e. The second-order valence-electron chi connectivity index (χ2n) is 4.37. The molecule has 0 saturated carbocycles. The van der Waals surface area contributed by atoms with Crippen molar-refractivity contribution in [3.05, 3.63) is 35.6 Å². The molecular weight excluding hydrogens is 264 g/mol. The summed E-state index contributed by atoms with van der Waals surface area (Å²) in [5.41, 5.74) is 1.69. The van der Waals surface area contributed by atoms with Gasteiger partial charge in [-0.05, 0) is 18.2 Å². The number of carboxylic acid groups (broad SMARTS) is 1. The third-order valence-electron chi connectivity index (χ3n) is 2.94. The topological polar surface area (TPSA) is 97.5 Å². The largest absolute Gasteiger partial charge is 0.481 e. The molecule has 1 aromatic rings. The molecule has 0 aliphatic carbocycles. The number of azo groups is 1. The van der Waals surface area contributed by atoms with E-state index in [2.05, 4.69) is 10.2 Å². The number of carbonyl (C=O) groups is 2. The monoisotopic (exact) mass is 274 g/mol. The summed E-state index contributed by atoms with van der Waals surface area (Å²) in [6, 6.07) is 4.61. The summed E-state index contributed by atoms with van der Waals surface area (Å²) in [6.07, 6.45) is 0.949. The van der Waals surface area contributed by atoms with Crippen molar-refractivity contribution >= 4 is 11.9 Å². The van der Waals surface area contributed by atoms with Crippen LogP contribution in [-0.4, -0.2) is 23.6 Å². The van der Waals surface area contributed by atoms with E-state index in [0.29, 0.717) is 12.3 Å². The van der Waals surface area contributed by atoms with Crippen LogP contribution in [-0.2, 0) is 9.59 Å². The lowest BCUT2D eigenvalue weighted by molar-refractivity contribution is -0.145. The van der Waals surface area contributed by atoms with Gasteiger partial charge in [0.2, 0.25) is 0 Å². The molecular formula is C13H10N2O5. The van der Waals surface area contributed by atoms with Crippen molar-refractivity contribution in [1.29, 1.82) is 0 Å². The van der Waals surface area contributed by atoms with E-state index in [1.165, 1.54) is 0 Å². The van der Waals surface area contributed by atoms with Gasteiger partial charge in [0.05, 0.1) is 12.8 Å². The van der Waals surface area contributed by atoms with Crippen LogP contribution in [0.2, 0.25) is 0 Å². The third-order valence-corrected chi connectivity index (χ3v) is 2.94. The minimum absolute atomic E-state index is 0.211. The summed E-state index contributed by atoms with van der Waals surface area (Å²) in [5.74, 6) is -1.16. The number of fused-ring (bicyclic) bond motifs is 3. The number of carbonyl (C=O) groups excluding carboxylic acids is 1. The Morgan fingerprint density at radius 3 is 3.10 bits per heavy atom. The van der Waals surface area contributed by atoms with Crippen LogP contribution in [0, 0.1) is 0 Å². The average Bonchev–Trinajstić information content (AvgIpc) is 2.86. The standard InChI is InChI=1S/C13H10N2O5/c16-11(17)4-12(18)20-8-1-2-10-9(3-8)13-7(6-19-10)5-14-15-13/h1-3,6,13H,4-5H2,(H,16,17). The maximum absolute atomic E-state index is 11.3. The molecule has 2 aliphatic rings. The fourth-order valence-electron chi connectivity index (χ4n) is 2.07. The Bertz CT molecular complexity index is 650. The van der Waals surface area contributed by atoms with Gasteiger partial charge in [0.15, 0.2) is 0 Å². The highest BCUT2D eigenvalue weighted by Gasteiger charge is 2.28. The summed E-state index contributed by atoms with van der Waals surface area (Å²) >= 11 is 0. The number of nitrogens with zero attached hydrogens (tertiary/aromatic N) is 2. The van der Waals surface area contributed by atoms with E-state index in [9.17, 15) is 9.59 Å². The zero-order valence-electron chi connectivity index (χ0n) is 10.3. The molecule has 1 N–H and O–H groups in total. The Morgan fingerprint density at radius 1 is 1.45 bits per heavy atom. The number of ether oxygens (including phenoxy) is 2. The number of hydrogen-bond acceptors (Lipinski definition) is 6. The molecule has 0 aromatic heterocycles. The van der Waals surface area contributed by atoms with Crippen molar-refractivity contribution in [2.24, 2.45) is 10.2 Å². The van der Waals surface area contributed by atoms with Crippen LogP contribution in [0.1, 0.15) is 18.0 Å². The molecule has 0 spiro atoms. The number of esters is 1. The summed E-state index contributed by atoms with van der Waals surface area (Å²) in [4.78, 5) is 21.8. The van der Waals surface area contributed by atoms with Gasteiger partial charge < -0.3 is 14.6 Å². The van der Waals surface area contributed by atoms with E-state index >= 15 is 0 Å². The summed E-state index contributed by atoms with van der Waals surface area (Å²) in [5, 5.41) is 16.6. The molecule has 1 aromatic carbocycles. The molecule has 1 unspecified atom stereocenters. The number of carboxylic acids is 1. The maximum Gasteiger partial charge on any atom is 0.322 e. The zero-order valence-corrected chi connectivity index (χ0v) is 10.3. The van der Waals surface area contributed by atoms with E-state index in [-0.39, 0.29) is 11.8 Å². The van der Waals surface area contributed by atoms with Crippen molar-refractivity contribution in [3.63, 3.8) is 0 Å². The molecule has 102 valence electrons. The van der Waals surface area contributed by atoms with Gasteiger partial charge in [0.25, 0.3) is 0 Å². The molecule has 7 heteroatoms. The predicted molar refractivity (Wildman–Crippen MR) is 65.5 cm³/mol. The molecule has 1 atom stereocenters. The van der Waals surface area contributed by atoms with E-state index in [4.69, 9.17) is 14.6 Å². The van der Waals surface area contributed by atoms with E-state index in [0.717, 1.165) is 11.1 Å². The molecule has 2 aliphatic heterocycles. The van der Waals surface area contributed by atoms with Gasteiger partial charge >= 0.3 is 11.9 Å². The molecule has 3 rings (SSSR count). The lowest BCUT2D eigenvalue weighted by atomic mass is 9.98. The van der Waals surface area contributed by atoms with Gasteiger partial charge in [0, 0.05) is 11.1 Å². The van der Waals surface area contributed by atoms with Crippen molar-refractivity contribution in [2.75, 3.05) is 6.54 Å². The van der Waals surface area contributed by atoms with Gasteiger partial charge in [-0.15, -0.1) is 0 Å². The Balaban J connectivity index is 1.83. The second-order valence-corrected chi connectivity index (χ2v) is 4.37. The van der Waals surface area contributed by atoms with E-state index in [1.807, 2.05) is 0 Å². The second kappa shape index (κ2) is 4.76. The highest BCUT2D eigenvalue weighted by atomic mass is 16.5. The van der Waals surface area contributed by atoms with Gasteiger partial charge in [-0.2, -0.15) is 10.2 Å². The quantitative estimate of drug-likeness (QED) is 0.515. The molecule has 2 heterocycles. The lowest BCUT2D eigenvalue weighted by Crippen LogP contribution is -2.14. The smallest absolute Gasteiger partial charge is 0.322 e. The molecule has 0 amide bonds. The average molecular weight is 274 g/mol. The number of hydrogen-bond donors (Lipinski definition) is 1. The van der Waals surface area contributed by atoms with Crippen LogP contribution in [0.5, 0.6) is 11.5 Å². The Hall–Kier alpha value is -2.70. The lowest BCUT2D eigenvalue weighted by Gasteiger charge is -2.19. The first kappa shape index (κ1) is 12.3. The SMILES string of the molecule is O=C(O)CC(=O)Oc1ccc2c(c1)C1N=NCC1=CO2. The molecule has 0 saturated heterocycles. The van der Waals surface area contributed by atoms with Gasteiger partial charge in [-0.1, -0.05) is 0 Å². The zero-order chi connectivity index (χ0) is 14.1. The van der Waals surface area contributed by atoms with Gasteiger partial charge in [-0.3, -0.25) is 9.59 Å². The van der Waals surface area contributed by atoms with Gasteiger partial charge in [-0.25, -0.2) is 0 Å². The first-order valence-electron chi connectivity index (χ1n) is 5.92. The highest BCUT2D eigenvalue weighted by molar-refractivity contribution is 5.91. The fourth-order valence-corrected chi connectivity index (χ4v) is 2.07. The molecule has 7 nitrogen and oxygen atoms in total. The van der Waals surface area contributed by atoms with E-state index < -0.39 is 18.4 Å². The minimum atomic E-state index is -1.23. The first-order valence-corrected chi connectivity index (χ1v) is 5.92. The van der Waals surface area contributed by atoms with Crippen molar-refractivity contribution in [3.8, 4) is 11.5 Å². The highest BCUT2D eigenvalue weighted by Crippen LogP contribution is 2.41. The number of aliphatic carboxylic acids is 1. The Labute approximate surface area is 113 Å². The number of benzene rings is 1. The van der Waals surface area contributed by atoms with Crippen LogP contribution < -0.4 is 9.47 Å². The Kier molecular flexibility index (Phi) is 2.94. The van der Waals surface area contributed by atoms with Crippen LogP contribution in [0.3, 0.4) is 0 Å². The number of rotatable bonds is 3. The van der Waals surface area contributed by atoms with Gasteiger partial charge in [0.1, 0.15) is 24.0 Å². The van der Waals surface area contributed by atoms with Crippen molar-refractivity contribution in [1.82, 2.24) is 0 Å². The third kappa shape index (κ3) is 2.25. The molecule has 0 fully saturated rings. The molecule has 0 bridgehead atoms. The molecule has 0 radical (unpaired) electrons. The fraction of sp³-hybridized carbons (Fsp3) is 0.231. The van der Waals surface area contributed by atoms with Crippen LogP contribution in [0.15, 0.2) is 40.3 Å². The molecule has 20 heavy (non-hydrogen) atoms. The Morgan fingerprint density at radius 2 is 2.30 bits per heavy atom. The van der Waals surface area contributed by atoms with Crippen molar-refractivity contribution in [2.45, 2.75) is 12.5 Å². The van der Waals surface area contributed by atoms with Crippen LogP contribution >= 0.6 is 0 Å². The summed E-state index contributed by atoms with van der Waals surface area (Å²) < 4.78 is 10.4. The van der Waals surface area contributed by atoms with Crippen molar-refractivity contribution < 1.29 is 24.2 Å². The van der Waals surface area contributed by atoms with Crippen LogP contribution in [0.4, 0.5) is 0 Å². The predicted octanol–water partition coefficient (Wildman–Crippen LogP) is 1.85. The summed E-state index contributed by atoms with van der Waals surface area (Å²) in [6.45, 7) is 0.493. The first-order chi connectivity index (χ1) is 9.63. The van der Waals surface area contributed by atoms with E-state index in [1.54, 1.807) is 24.5 Å². The summed E-state index contributed by atoms with van der Waals surface area (Å²) in [7, 11) is 0. The maximum atomic E-state index is 11.3. The normalized spacial score (nSPS) is 18.6.